The smallest absolute Gasteiger partial charge is 0.378 e. The Balaban J connectivity index is 1.37. The van der Waals surface area contributed by atoms with Crippen LogP contribution in [0.3, 0.4) is 0 Å². The first kappa shape index (κ1) is 23.9. The molecule has 4 aromatic rings. The number of carbonyl (C=O) groups is 1. The molecule has 12 heteroatoms. The fraction of sp³-hybridized carbons (Fsp3) is 0.208. The van der Waals surface area contributed by atoms with Gasteiger partial charge in [-0.2, -0.15) is 13.2 Å². The molecular weight excluding hydrogens is 499 g/mol. The first-order valence-electron chi connectivity index (χ1n) is 10.9. The normalized spacial score (nSPS) is 14.2. The number of hydrogen-bond donors (Lipinski definition) is 2. The zero-order valence-electron chi connectivity index (χ0n) is 18.6. The second-order valence-electron chi connectivity index (χ2n) is 7.99. The molecule has 36 heavy (non-hydrogen) atoms. The van der Waals surface area contributed by atoms with Gasteiger partial charge in [0.15, 0.2) is 11.4 Å². The van der Waals surface area contributed by atoms with Crippen LogP contribution in [0.25, 0.3) is 11.0 Å². The van der Waals surface area contributed by atoms with Gasteiger partial charge in [0.05, 0.1) is 41.1 Å². The lowest BCUT2D eigenvalue weighted by atomic mass is 10.1. The van der Waals surface area contributed by atoms with Crippen LogP contribution in [0, 0.1) is 0 Å². The van der Waals surface area contributed by atoms with Gasteiger partial charge in [-0.05, 0) is 42.5 Å². The molecule has 0 saturated carbocycles. The molecule has 1 saturated heterocycles. The van der Waals surface area contributed by atoms with Crippen molar-refractivity contribution < 1.29 is 27.2 Å². The molecule has 186 valence electrons. The molecule has 0 unspecified atom stereocenters. The summed E-state index contributed by atoms with van der Waals surface area (Å²) >= 11 is 6.30. The van der Waals surface area contributed by atoms with E-state index in [0.717, 1.165) is 31.0 Å². The lowest BCUT2D eigenvalue weighted by molar-refractivity contribution is -0.137. The van der Waals surface area contributed by atoms with Crippen LogP contribution in [-0.2, 0) is 10.9 Å². The molecule has 0 spiro atoms. The number of fused-ring (bicyclic) bond motifs is 1. The summed E-state index contributed by atoms with van der Waals surface area (Å²) in [6.45, 7) is 2.73. The highest BCUT2D eigenvalue weighted by molar-refractivity contribution is 6.36. The topological polar surface area (TPSA) is 92.5 Å². The summed E-state index contributed by atoms with van der Waals surface area (Å²) in [5, 5.41) is 9.96. The number of anilines is 4. The number of aromatic nitrogens is 2. The lowest BCUT2D eigenvalue weighted by Gasteiger charge is -2.27. The number of pyridine rings is 1. The minimum Gasteiger partial charge on any atom is -0.378 e. The van der Waals surface area contributed by atoms with Gasteiger partial charge in [-0.25, -0.2) is 4.98 Å². The molecule has 1 fully saturated rings. The van der Waals surface area contributed by atoms with Crippen LogP contribution in [0.15, 0.2) is 59.3 Å². The maximum Gasteiger partial charge on any atom is 0.416 e. The summed E-state index contributed by atoms with van der Waals surface area (Å²) in [7, 11) is 0. The SMILES string of the molecule is O=C(Nc1ccc(N2CCOCC2)nc1)c1c(Cl)ccc2c(Nc3cccc(C(F)(F)F)c3)noc12. The van der Waals surface area contributed by atoms with E-state index in [0.29, 0.717) is 24.3 Å². The summed E-state index contributed by atoms with van der Waals surface area (Å²) in [6.07, 6.45) is -2.95. The highest BCUT2D eigenvalue weighted by atomic mass is 35.5. The third-order valence-electron chi connectivity index (χ3n) is 5.61. The number of benzene rings is 2. The number of hydrogen-bond acceptors (Lipinski definition) is 7. The van der Waals surface area contributed by atoms with Gasteiger partial charge in [0.1, 0.15) is 11.4 Å². The van der Waals surface area contributed by atoms with Crippen molar-refractivity contribution in [3.05, 3.63) is 70.9 Å². The van der Waals surface area contributed by atoms with Crippen LogP contribution in [0.2, 0.25) is 5.02 Å². The number of alkyl halides is 3. The van der Waals surface area contributed by atoms with E-state index in [2.05, 4.69) is 25.7 Å². The number of rotatable bonds is 5. The van der Waals surface area contributed by atoms with Crippen molar-refractivity contribution in [2.24, 2.45) is 0 Å². The minimum absolute atomic E-state index is 0.0380. The Morgan fingerprint density at radius 2 is 1.86 bits per heavy atom. The number of nitrogens with one attached hydrogen (secondary N) is 2. The zero-order chi connectivity index (χ0) is 25.3. The van der Waals surface area contributed by atoms with Crippen LogP contribution >= 0.6 is 11.6 Å². The first-order chi connectivity index (χ1) is 17.3. The first-order valence-corrected chi connectivity index (χ1v) is 11.3. The average Bonchev–Trinajstić information content (AvgIpc) is 3.27. The van der Waals surface area contributed by atoms with Crippen molar-refractivity contribution in [3.8, 4) is 0 Å². The van der Waals surface area contributed by atoms with Crippen molar-refractivity contribution in [3.63, 3.8) is 0 Å². The van der Waals surface area contributed by atoms with E-state index < -0.39 is 17.6 Å². The van der Waals surface area contributed by atoms with Gasteiger partial charge in [0.2, 0.25) is 0 Å². The molecule has 1 aliphatic rings. The molecule has 0 bridgehead atoms. The molecule has 2 aromatic carbocycles. The van der Waals surface area contributed by atoms with Gasteiger partial charge in [0, 0.05) is 18.8 Å². The van der Waals surface area contributed by atoms with Crippen molar-refractivity contribution in [2.45, 2.75) is 6.18 Å². The monoisotopic (exact) mass is 517 g/mol. The molecule has 1 amide bonds. The Labute approximate surface area is 208 Å². The molecule has 0 atom stereocenters. The highest BCUT2D eigenvalue weighted by Gasteiger charge is 2.30. The van der Waals surface area contributed by atoms with Gasteiger partial charge in [-0.3, -0.25) is 4.79 Å². The number of nitrogens with zero attached hydrogens (tertiary/aromatic N) is 3. The third kappa shape index (κ3) is 4.93. The predicted molar refractivity (Wildman–Crippen MR) is 129 cm³/mol. The molecule has 5 rings (SSSR count). The average molecular weight is 518 g/mol. The summed E-state index contributed by atoms with van der Waals surface area (Å²) in [5.74, 6) is 0.372. The summed E-state index contributed by atoms with van der Waals surface area (Å²) in [5.41, 5.74) is -0.0700. The summed E-state index contributed by atoms with van der Waals surface area (Å²) in [4.78, 5) is 19.6. The van der Waals surface area contributed by atoms with E-state index in [9.17, 15) is 18.0 Å². The largest absolute Gasteiger partial charge is 0.416 e. The molecule has 3 heterocycles. The maximum atomic E-state index is 13.1. The molecule has 2 aromatic heterocycles. The standard InChI is InChI=1S/C24H19ClF3N5O3/c25-18-6-5-17-21(36-32-22(17)30-15-3-1-2-14(12-15)24(26,27)28)20(18)23(34)31-16-4-7-19(29-13-16)33-8-10-35-11-9-33/h1-7,12-13H,8-11H2,(H,30,32)(H,31,34). The van der Waals surface area contributed by atoms with Crippen molar-refractivity contribution in [1.29, 1.82) is 0 Å². The molecule has 1 aliphatic heterocycles. The fourth-order valence-electron chi connectivity index (χ4n) is 3.83. The number of ether oxygens (including phenoxy) is 1. The van der Waals surface area contributed by atoms with Crippen molar-refractivity contribution in [1.82, 2.24) is 10.1 Å². The van der Waals surface area contributed by atoms with Gasteiger partial charge in [0.25, 0.3) is 5.91 Å². The number of halogens is 4. The summed E-state index contributed by atoms with van der Waals surface area (Å²) in [6, 6.07) is 11.3. The second kappa shape index (κ2) is 9.67. The highest BCUT2D eigenvalue weighted by Crippen LogP contribution is 2.35. The van der Waals surface area contributed by atoms with E-state index in [4.69, 9.17) is 20.9 Å². The number of amides is 1. The molecule has 0 aliphatic carbocycles. The van der Waals surface area contributed by atoms with Gasteiger partial charge < -0.3 is 24.8 Å². The van der Waals surface area contributed by atoms with Crippen LogP contribution in [-0.4, -0.2) is 42.4 Å². The molecule has 8 nitrogen and oxygen atoms in total. The van der Waals surface area contributed by atoms with Crippen LogP contribution in [0.1, 0.15) is 15.9 Å². The quantitative estimate of drug-likeness (QED) is 0.349. The summed E-state index contributed by atoms with van der Waals surface area (Å²) < 4.78 is 49.9. The molecular formula is C24H19ClF3N5O3. The Bertz CT molecular complexity index is 1400. The predicted octanol–water partition coefficient (Wildman–Crippen LogP) is 5.73. The van der Waals surface area contributed by atoms with E-state index in [1.807, 2.05) is 0 Å². The van der Waals surface area contributed by atoms with Crippen LogP contribution in [0.4, 0.5) is 36.2 Å². The van der Waals surface area contributed by atoms with Crippen molar-refractivity contribution >= 4 is 51.5 Å². The second-order valence-corrected chi connectivity index (χ2v) is 8.40. The number of carbonyl (C=O) groups excluding carboxylic acids is 1. The van der Waals surface area contributed by atoms with E-state index >= 15 is 0 Å². The molecule has 0 radical (unpaired) electrons. The van der Waals surface area contributed by atoms with E-state index in [1.165, 1.54) is 24.4 Å². The molecule has 2 N–H and O–H groups in total. The maximum absolute atomic E-state index is 13.1. The van der Waals surface area contributed by atoms with Crippen LogP contribution < -0.4 is 15.5 Å². The van der Waals surface area contributed by atoms with Crippen molar-refractivity contribution in [2.75, 3.05) is 41.8 Å². The minimum atomic E-state index is -4.49. The zero-order valence-corrected chi connectivity index (χ0v) is 19.4. The van der Waals surface area contributed by atoms with Gasteiger partial charge in [-0.15, -0.1) is 0 Å². The van der Waals surface area contributed by atoms with E-state index in [-0.39, 0.29) is 27.7 Å². The third-order valence-corrected chi connectivity index (χ3v) is 5.93. The number of morpholine rings is 1. The van der Waals surface area contributed by atoms with E-state index in [1.54, 1.807) is 18.2 Å². The fourth-order valence-corrected chi connectivity index (χ4v) is 4.06. The Hall–Kier alpha value is -3.83. The van der Waals surface area contributed by atoms with Crippen LogP contribution in [0.5, 0.6) is 0 Å². The Kier molecular flexibility index (Phi) is 6.42. The van der Waals surface area contributed by atoms with Gasteiger partial charge in [-0.1, -0.05) is 22.8 Å². The Morgan fingerprint density at radius 1 is 1.06 bits per heavy atom. The lowest BCUT2D eigenvalue weighted by Crippen LogP contribution is -2.36. The Morgan fingerprint density at radius 3 is 2.58 bits per heavy atom. The van der Waals surface area contributed by atoms with Gasteiger partial charge >= 0.3 is 6.18 Å².